The van der Waals surface area contributed by atoms with Crippen LogP contribution < -0.4 is 14.3 Å². The molecule has 2 aliphatic heterocycles. The van der Waals surface area contributed by atoms with Gasteiger partial charge < -0.3 is 10.4 Å². The second-order valence-electron chi connectivity index (χ2n) is 6.21. The van der Waals surface area contributed by atoms with E-state index in [4.69, 9.17) is 0 Å². The first-order valence-electron chi connectivity index (χ1n) is 8.05. The number of halogens is 1. The van der Waals surface area contributed by atoms with E-state index in [1.54, 1.807) is 16.9 Å². The zero-order valence-electron chi connectivity index (χ0n) is 13.6. The van der Waals surface area contributed by atoms with Gasteiger partial charge in [0.25, 0.3) is 5.91 Å². The summed E-state index contributed by atoms with van der Waals surface area (Å²) < 4.78 is 41.5. The van der Waals surface area contributed by atoms with Crippen LogP contribution >= 0.6 is 0 Å². The summed E-state index contributed by atoms with van der Waals surface area (Å²) in [6.45, 7) is 0.984. The van der Waals surface area contributed by atoms with Crippen LogP contribution in [-0.2, 0) is 15.0 Å². The number of nitrogens with zero attached hydrogens (tertiary/aromatic N) is 1. The molecule has 0 spiro atoms. The zero-order chi connectivity index (χ0) is 18.5. The number of rotatable bonds is 2. The van der Waals surface area contributed by atoms with E-state index in [1.165, 1.54) is 6.07 Å². The number of nitrogens with one attached hydrogen (secondary N) is 2. The monoisotopic (exact) mass is 377 g/mol. The number of carbonyl (C=O) groups is 1. The summed E-state index contributed by atoms with van der Waals surface area (Å²) >= 11 is 0. The lowest BCUT2D eigenvalue weighted by Gasteiger charge is -2.19. The Labute approximate surface area is 149 Å². The number of anilines is 1. The van der Waals surface area contributed by atoms with Gasteiger partial charge in [-0.15, -0.1) is 0 Å². The minimum atomic E-state index is -4.22. The molecule has 3 N–H and O–H groups in total. The highest BCUT2D eigenvalue weighted by Crippen LogP contribution is 2.39. The molecule has 7 nitrogen and oxygen atoms in total. The maximum atomic E-state index is 15.2. The van der Waals surface area contributed by atoms with E-state index in [1.807, 2.05) is 12.1 Å². The molecule has 1 saturated heterocycles. The van der Waals surface area contributed by atoms with Crippen LogP contribution in [0.3, 0.4) is 0 Å². The van der Waals surface area contributed by atoms with Crippen LogP contribution in [0.5, 0.6) is 5.75 Å². The number of phenols is 1. The lowest BCUT2D eigenvalue weighted by Crippen LogP contribution is -2.30. The fraction of sp³-hybridized carbons (Fsp3) is 0.235. The van der Waals surface area contributed by atoms with Gasteiger partial charge in [-0.25, -0.2) is 13.4 Å². The van der Waals surface area contributed by atoms with Crippen molar-refractivity contribution in [2.75, 3.05) is 23.9 Å². The summed E-state index contributed by atoms with van der Waals surface area (Å²) in [4.78, 5) is 11.4. The number of phenolic OH excluding ortho intramolecular Hbond substituents is 1. The average molecular weight is 377 g/mol. The summed E-state index contributed by atoms with van der Waals surface area (Å²) in [5.74, 6) is -2.20. The maximum absolute atomic E-state index is 15.2. The molecule has 2 aromatic rings. The topological polar surface area (TPSA) is 98.7 Å². The van der Waals surface area contributed by atoms with Crippen molar-refractivity contribution in [1.82, 2.24) is 10.0 Å². The Bertz CT molecular complexity index is 1070. The normalized spacial score (nSPS) is 19.5. The maximum Gasteiger partial charge on any atom is 0.326 e. The Morgan fingerprint density at radius 3 is 2.69 bits per heavy atom. The fourth-order valence-electron chi connectivity index (χ4n) is 3.30. The van der Waals surface area contributed by atoms with Crippen LogP contribution in [0.2, 0.25) is 0 Å². The van der Waals surface area contributed by atoms with Gasteiger partial charge >= 0.3 is 10.2 Å². The van der Waals surface area contributed by atoms with Gasteiger partial charge in [-0.1, -0.05) is 18.2 Å². The lowest BCUT2D eigenvalue weighted by molar-refractivity contribution is -0.117. The predicted octanol–water partition coefficient (Wildman–Crippen LogP) is 1.24. The number of benzene rings is 2. The van der Waals surface area contributed by atoms with Gasteiger partial charge in [0.05, 0.1) is 0 Å². The molecule has 4 rings (SSSR count). The Kier molecular flexibility index (Phi) is 3.85. The van der Waals surface area contributed by atoms with Crippen molar-refractivity contribution in [1.29, 1.82) is 0 Å². The third-order valence-electron chi connectivity index (χ3n) is 4.54. The molecule has 0 unspecified atom stereocenters. The van der Waals surface area contributed by atoms with E-state index in [2.05, 4.69) is 5.32 Å². The molecule has 0 aliphatic carbocycles. The van der Waals surface area contributed by atoms with Gasteiger partial charge in [0.15, 0.2) is 5.82 Å². The first kappa shape index (κ1) is 16.8. The van der Waals surface area contributed by atoms with E-state index < -0.39 is 39.9 Å². The minimum absolute atomic E-state index is 0.185. The van der Waals surface area contributed by atoms with E-state index in [-0.39, 0.29) is 5.39 Å². The second-order valence-corrected chi connectivity index (χ2v) is 7.81. The van der Waals surface area contributed by atoms with Crippen LogP contribution in [0.25, 0.3) is 16.3 Å². The van der Waals surface area contributed by atoms with Crippen molar-refractivity contribution in [2.24, 2.45) is 0 Å². The molecule has 136 valence electrons. The summed E-state index contributed by atoms with van der Waals surface area (Å²) in [7, 11) is -4.22. The Morgan fingerprint density at radius 2 is 2.04 bits per heavy atom. The molecule has 26 heavy (non-hydrogen) atoms. The molecule has 1 amide bonds. The minimum Gasteiger partial charge on any atom is -0.506 e. The molecule has 0 bridgehead atoms. The highest BCUT2D eigenvalue weighted by atomic mass is 32.2. The van der Waals surface area contributed by atoms with E-state index in [0.29, 0.717) is 9.69 Å². The highest BCUT2D eigenvalue weighted by molar-refractivity contribution is 7.92. The van der Waals surface area contributed by atoms with Gasteiger partial charge in [0, 0.05) is 11.9 Å². The fourth-order valence-corrected chi connectivity index (χ4v) is 4.46. The van der Waals surface area contributed by atoms with Crippen LogP contribution in [0.4, 0.5) is 10.1 Å². The van der Waals surface area contributed by atoms with Crippen molar-refractivity contribution in [3.05, 3.63) is 41.7 Å². The number of amides is 1. The third kappa shape index (κ3) is 2.69. The number of fused-ring (bicyclic) bond motifs is 1. The zero-order valence-corrected chi connectivity index (χ0v) is 14.4. The first-order valence-corrected chi connectivity index (χ1v) is 9.49. The largest absolute Gasteiger partial charge is 0.506 e. The Hall–Kier alpha value is -2.65. The van der Waals surface area contributed by atoms with Gasteiger partial charge in [-0.05, 0) is 41.6 Å². The van der Waals surface area contributed by atoms with E-state index in [0.717, 1.165) is 30.6 Å². The van der Waals surface area contributed by atoms with Gasteiger partial charge in [-0.3, -0.25) is 4.79 Å². The predicted molar refractivity (Wildman–Crippen MR) is 95.4 cm³/mol. The summed E-state index contributed by atoms with van der Waals surface area (Å²) in [6.07, 6.45) is 2.83. The SMILES string of the molecule is O=C1CN(c2c(O)cc3ccc(C4=CCNCC4)cc3c2F)S(=O)(=O)N1. The molecule has 0 saturated carbocycles. The standard InChI is InChI=1S/C17H16FN3O4S/c18-16-13-7-11(10-3-5-19-6-4-10)1-2-12(13)8-14(22)17(16)21-9-15(23)20-26(21,24)25/h1-3,7-8,19,22H,4-6,9H2,(H,20,23). The Balaban J connectivity index is 1.89. The highest BCUT2D eigenvalue weighted by Gasteiger charge is 2.37. The van der Waals surface area contributed by atoms with E-state index in [9.17, 15) is 18.3 Å². The van der Waals surface area contributed by atoms with Crippen molar-refractivity contribution >= 4 is 38.1 Å². The molecule has 1 fully saturated rings. The lowest BCUT2D eigenvalue weighted by atomic mass is 9.96. The van der Waals surface area contributed by atoms with Gasteiger partial charge in [0.1, 0.15) is 18.0 Å². The van der Waals surface area contributed by atoms with Crippen molar-refractivity contribution in [2.45, 2.75) is 6.42 Å². The van der Waals surface area contributed by atoms with Gasteiger partial charge in [-0.2, -0.15) is 8.42 Å². The smallest absolute Gasteiger partial charge is 0.326 e. The van der Waals surface area contributed by atoms with Crippen LogP contribution in [0.15, 0.2) is 30.3 Å². The van der Waals surface area contributed by atoms with Gasteiger partial charge in [0.2, 0.25) is 0 Å². The third-order valence-corrected chi connectivity index (χ3v) is 5.91. The van der Waals surface area contributed by atoms with Crippen molar-refractivity contribution in [3.63, 3.8) is 0 Å². The molecule has 0 atom stereocenters. The molecule has 2 aromatic carbocycles. The van der Waals surface area contributed by atoms with Crippen molar-refractivity contribution < 1.29 is 22.7 Å². The van der Waals surface area contributed by atoms with Crippen LogP contribution in [0, 0.1) is 5.82 Å². The average Bonchev–Trinajstić information content (AvgIpc) is 2.88. The molecule has 2 heterocycles. The van der Waals surface area contributed by atoms with Crippen molar-refractivity contribution in [3.8, 4) is 5.75 Å². The quantitative estimate of drug-likeness (QED) is 0.732. The molecular weight excluding hydrogens is 361 g/mol. The molecule has 0 aromatic heterocycles. The van der Waals surface area contributed by atoms with Crippen LogP contribution in [-0.4, -0.2) is 39.1 Å². The number of hydrogen-bond acceptors (Lipinski definition) is 5. The molecule has 0 radical (unpaired) electrons. The summed E-state index contributed by atoms with van der Waals surface area (Å²) in [5, 5.41) is 14.0. The van der Waals surface area contributed by atoms with Crippen LogP contribution in [0.1, 0.15) is 12.0 Å². The summed E-state index contributed by atoms with van der Waals surface area (Å²) in [6, 6.07) is 6.47. The number of hydrogen-bond donors (Lipinski definition) is 3. The first-order chi connectivity index (χ1) is 12.4. The number of carbonyl (C=O) groups excluding carboxylic acids is 1. The summed E-state index contributed by atoms with van der Waals surface area (Å²) in [5.41, 5.74) is 1.39. The molecule has 9 heteroatoms. The number of aromatic hydroxyl groups is 1. The van der Waals surface area contributed by atoms with E-state index >= 15 is 4.39 Å². The molecule has 2 aliphatic rings. The Morgan fingerprint density at radius 1 is 1.23 bits per heavy atom. The molecular formula is C17H16FN3O4S. The second kappa shape index (κ2) is 5.96.